The topological polar surface area (TPSA) is 84.9 Å². The summed E-state index contributed by atoms with van der Waals surface area (Å²) in [5.74, 6) is 0.370. The fraction of sp³-hybridized carbons (Fsp3) is 0.364. The van der Waals surface area contributed by atoms with Crippen LogP contribution in [-0.2, 0) is 11.2 Å². The number of aryl methyl sites for hydroxylation is 1. The Morgan fingerprint density at radius 3 is 2.75 bits per heavy atom. The van der Waals surface area contributed by atoms with E-state index in [1.807, 2.05) is 6.92 Å². The maximum Gasteiger partial charge on any atom is 0.341 e. The van der Waals surface area contributed by atoms with Gasteiger partial charge in [-0.15, -0.1) is 0 Å². The third-order valence-electron chi connectivity index (χ3n) is 5.48. The summed E-state index contributed by atoms with van der Waals surface area (Å²) < 4.78 is 10.8. The van der Waals surface area contributed by atoms with Crippen LogP contribution in [0, 0.1) is 5.92 Å². The van der Waals surface area contributed by atoms with Crippen LogP contribution >= 0.6 is 0 Å². The van der Waals surface area contributed by atoms with Gasteiger partial charge in [-0.1, -0.05) is 24.3 Å². The summed E-state index contributed by atoms with van der Waals surface area (Å²) in [6.45, 7) is 1.74. The molecule has 2 N–H and O–H groups in total. The van der Waals surface area contributed by atoms with Crippen LogP contribution in [0.25, 0.3) is 0 Å². The number of hydrogen-bond acceptors (Lipinski definition) is 4. The van der Waals surface area contributed by atoms with Crippen molar-refractivity contribution in [3.63, 3.8) is 0 Å². The quantitative estimate of drug-likeness (QED) is 0.770. The summed E-state index contributed by atoms with van der Waals surface area (Å²) in [6.07, 6.45) is 2.16. The number of hydrogen-bond donors (Lipinski definition) is 2. The zero-order valence-electron chi connectivity index (χ0n) is 15.7. The number of carbonyl (C=O) groups is 2. The van der Waals surface area contributed by atoms with E-state index < -0.39 is 12.6 Å². The Balaban J connectivity index is 1.47. The molecule has 2 aromatic carbocycles. The van der Waals surface area contributed by atoms with E-state index in [2.05, 4.69) is 29.6 Å². The molecule has 0 heterocycles. The van der Waals surface area contributed by atoms with Gasteiger partial charge in [0.1, 0.15) is 0 Å². The van der Waals surface area contributed by atoms with Gasteiger partial charge >= 0.3 is 5.97 Å². The van der Waals surface area contributed by atoms with Crippen molar-refractivity contribution in [3.05, 3.63) is 59.2 Å². The van der Waals surface area contributed by atoms with Crippen LogP contribution in [0.2, 0.25) is 0 Å². The van der Waals surface area contributed by atoms with Gasteiger partial charge in [0.2, 0.25) is 0 Å². The zero-order valence-corrected chi connectivity index (χ0v) is 15.7. The van der Waals surface area contributed by atoms with E-state index in [1.165, 1.54) is 11.1 Å². The SMILES string of the molecule is CCOc1cc(C(=O)NC2C3CCc4ccccc4C32)ccc1OCC(=O)O. The third kappa shape index (κ3) is 3.54. The van der Waals surface area contributed by atoms with Crippen molar-refractivity contribution in [1.29, 1.82) is 0 Å². The number of carboxylic acids is 1. The molecule has 0 saturated heterocycles. The molecule has 2 aliphatic rings. The Labute approximate surface area is 163 Å². The van der Waals surface area contributed by atoms with Gasteiger partial charge in [0, 0.05) is 17.5 Å². The lowest BCUT2D eigenvalue weighted by molar-refractivity contribution is -0.139. The van der Waals surface area contributed by atoms with Crippen molar-refractivity contribution < 1.29 is 24.2 Å². The summed E-state index contributed by atoms with van der Waals surface area (Å²) >= 11 is 0. The van der Waals surface area contributed by atoms with E-state index in [9.17, 15) is 9.59 Å². The van der Waals surface area contributed by atoms with Gasteiger partial charge in [-0.2, -0.15) is 0 Å². The van der Waals surface area contributed by atoms with Gasteiger partial charge in [0.05, 0.1) is 6.61 Å². The van der Waals surface area contributed by atoms with Gasteiger partial charge in [-0.25, -0.2) is 4.79 Å². The Morgan fingerprint density at radius 2 is 1.96 bits per heavy atom. The number of carboxylic acid groups (broad SMARTS) is 1. The highest BCUT2D eigenvalue weighted by Crippen LogP contribution is 2.54. The molecule has 28 heavy (non-hydrogen) atoms. The van der Waals surface area contributed by atoms with Crippen molar-refractivity contribution in [1.82, 2.24) is 5.32 Å². The number of fused-ring (bicyclic) bond motifs is 3. The number of aliphatic carboxylic acids is 1. The van der Waals surface area contributed by atoms with E-state index >= 15 is 0 Å². The molecule has 0 spiro atoms. The van der Waals surface area contributed by atoms with Gasteiger partial charge in [-0.05, 0) is 55.0 Å². The maximum atomic E-state index is 12.8. The number of amides is 1. The largest absolute Gasteiger partial charge is 0.490 e. The molecule has 146 valence electrons. The fourth-order valence-electron chi connectivity index (χ4n) is 4.17. The fourth-order valence-corrected chi connectivity index (χ4v) is 4.17. The van der Waals surface area contributed by atoms with E-state index in [4.69, 9.17) is 14.6 Å². The highest BCUT2D eigenvalue weighted by molar-refractivity contribution is 5.95. The average molecular weight is 381 g/mol. The minimum atomic E-state index is -1.07. The third-order valence-corrected chi connectivity index (χ3v) is 5.48. The molecule has 1 saturated carbocycles. The molecule has 3 unspecified atom stereocenters. The molecule has 1 fully saturated rings. The second-order valence-corrected chi connectivity index (χ2v) is 7.20. The molecule has 0 aliphatic heterocycles. The molecule has 3 atom stereocenters. The molecule has 6 nitrogen and oxygen atoms in total. The lowest BCUT2D eigenvalue weighted by atomic mass is 9.92. The number of carbonyl (C=O) groups excluding carboxylic acids is 1. The van der Waals surface area contributed by atoms with Gasteiger partial charge in [0.25, 0.3) is 5.91 Å². The maximum absolute atomic E-state index is 12.8. The van der Waals surface area contributed by atoms with E-state index in [0.717, 1.165) is 12.8 Å². The van der Waals surface area contributed by atoms with E-state index in [-0.39, 0.29) is 11.9 Å². The Morgan fingerprint density at radius 1 is 1.14 bits per heavy atom. The number of rotatable bonds is 7. The highest BCUT2D eigenvalue weighted by Gasteiger charge is 2.53. The Bertz CT molecular complexity index is 910. The van der Waals surface area contributed by atoms with Crippen LogP contribution in [0.15, 0.2) is 42.5 Å². The molecule has 1 amide bonds. The first kappa shape index (κ1) is 18.3. The van der Waals surface area contributed by atoms with Crippen LogP contribution in [0.4, 0.5) is 0 Å². The molecular weight excluding hydrogens is 358 g/mol. The normalized spacial score (nSPS) is 21.8. The molecular formula is C22H23NO5. The number of benzene rings is 2. The summed E-state index contributed by atoms with van der Waals surface area (Å²) in [4.78, 5) is 23.5. The summed E-state index contributed by atoms with van der Waals surface area (Å²) in [5.41, 5.74) is 3.22. The van der Waals surface area contributed by atoms with Crippen LogP contribution in [0.1, 0.15) is 40.7 Å². The van der Waals surface area contributed by atoms with Gasteiger partial charge in [0.15, 0.2) is 18.1 Å². The van der Waals surface area contributed by atoms with Crippen molar-refractivity contribution >= 4 is 11.9 Å². The molecule has 2 aliphatic carbocycles. The predicted molar refractivity (Wildman–Crippen MR) is 103 cm³/mol. The highest BCUT2D eigenvalue weighted by atomic mass is 16.5. The molecule has 0 aromatic heterocycles. The lowest BCUT2D eigenvalue weighted by Crippen LogP contribution is -2.27. The Kier molecular flexibility index (Phi) is 4.94. The first-order valence-corrected chi connectivity index (χ1v) is 9.58. The van der Waals surface area contributed by atoms with Crippen molar-refractivity contribution in [3.8, 4) is 11.5 Å². The van der Waals surface area contributed by atoms with Gasteiger partial charge < -0.3 is 19.9 Å². The summed E-state index contributed by atoms with van der Waals surface area (Å²) in [6, 6.07) is 13.5. The van der Waals surface area contributed by atoms with Crippen LogP contribution < -0.4 is 14.8 Å². The standard InChI is InChI=1S/C22H23NO5/c1-2-27-18-11-14(8-10-17(18)28-12-19(24)25)22(26)23-21-16-9-7-13-5-3-4-6-15(13)20(16)21/h3-6,8,10-11,16,20-21H,2,7,9,12H2,1H3,(H,23,26)(H,24,25). The predicted octanol–water partition coefficient (Wildman–Crippen LogP) is 3.01. The molecule has 6 heteroatoms. The zero-order chi connectivity index (χ0) is 19.7. The molecule has 0 radical (unpaired) electrons. The average Bonchev–Trinajstić information content (AvgIpc) is 3.40. The summed E-state index contributed by atoms with van der Waals surface area (Å²) in [7, 11) is 0. The first-order chi connectivity index (χ1) is 13.6. The van der Waals surface area contributed by atoms with Crippen molar-refractivity contribution in [2.75, 3.05) is 13.2 Å². The molecule has 4 rings (SSSR count). The van der Waals surface area contributed by atoms with Crippen molar-refractivity contribution in [2.45, 2.75) is 31.7 Å². The summed E-state index contributed by atoms with van der Waals surface area (Å²) in [5, 5.41) is 11.9. The second-order valence-electron chi connectivity index (χ2n) is 7.20. The van der Waals surface area contributed by atoms with Crippen LogP contribution in [0.5, 0.6) is 11.5 Å². The van der Waals surface area contributed by atoms with Crippen LogP contribution in [0.3, 0.4) is 0 Å². The first-order valence-electron chi connectivity index (χ1n) is 9.58. The minimum absolute atomic E-state index is 0.150. The number of ether oxygens (including phenoxy) is 2. The second kappa shape index (κ2) is 7.54. The lowest BCUT2D eigenvalue weighted by Gasteiger charge is -2.13. The van der Waals surface area contributed by atoms with Gasteiger partial charge in [-0.3, -0.25) is 4.79 Å². The molecule has 0 bridgehead atoms. The molecule has 2 aromatic rings. The number of nitrogens with one attached hydrogen (secondary N) is 1. The van der Waals surface area contributed by atoms with E-state index in [1.54, 1.807) is 18.2 Å². The van der Waals surface area contributed by atoms with E-state index in [0.29, 0.717) is 35.5 Å². The Hall–Kier alpha value is -3.02. The monoisotopic (exact) mass is 381 g/mol. The van der Waals surface area contributed by atoms with Crippen molar-refractivity contribution in [2.24, 2.45) is 5.92 Å². The smallest absolute Gasteiger partial charge is 0.341 e. The van der Waals surface area contributed by atoms with Crippen LogP contribution in [-0.4, -0.2) is 36.2 Å². The minimum Gasteiger partial charge on any atom is -0.490 e.